The molecule has 1 atom stereocenters. The highest BCUT2D eigenvalue weighted by molar-refractivity contribution is 4.63. The number of unbranched alkanes of at least 4 members (excludes halogenated alkanes) is 5. The van der Waals surface area contributed by atoms with Crippen molar-refractivity contribution in [2.45, 2.75) is 70.8 Å². The maximum atomic E-state index is 5.96. The van der Waals surface area contributed by atoms with Crippen molar-refractivity contribution < 1.29 is 0 Å². The molecule has 0 saturated carbocycles. The van der Waals surface area contributed by atoms with Crippen molar-refractivity contribution in [2.24, 2.45) is 11.5 Å². The summed E-state index contributed by atoms with van der Waals surface area (Å²) in [4.78, 5) is 0. The first kappa shape index (κ1) is 16.9. The van der Waals surface area contributed by atoms with E-state index in [2.05, 4.69) is 12.2 Å². The SMILES string of the molecule is CCCCCCCCNCCC(N)CCCN. The van der Waals surface area contributed by atoms with Gasteiger partial charge in [-0.2, -0.15) is 0 Å². The van der Waals surface area contributed by atoms with Crippen LogP contribution in [0, 0.1) is 0 Å². The summed E-state index contributed by atoms with van der Waals surface area (Å²) in [6, 6.07) is 0.329. The predicted molar refractivity (Wildman–Crippen MR) is 77.1 cm³/mol. The molecule has 5 N–H and O–H groups in total. The Morgan fingerprint density at radius 1 is 0.882 bits per heavy atom. The maximum Gasteiger partial charge on any atom is 0.00513 e. The summed E-state index contributed by atoms with van der Waals surface area (Å²) >= 11 is 0. The second kappa shape index (κ2) is 13.9. The third-order valence-electron chi connectivity index (χ3n) is 3.18. The Labute approximate surface area is 108 Å². The van der Waals surface area contributed by atoms with Crippen LogP contribution in [0.15, 0.2) is 0 Å². The van der Waals surface area contributed by atoms with Crippen LogP contribution in [0.4, 0.5) is 0 Å². The Hall–Kier alpha value is -0.120. The second-order valence-corrected chi connectivity index (χ2v) is 5.00. The molecule has 17 heavy (non-hydrogen) atoms. The fourth-order valence-electron chi connectivity index (χ4n) is 1.97. The number of nitrogens with one attached hydrogen (secondary N) is 1. The zero-order valence-corrected chi connectivity index (χ0v) is 11.7. The molecule has 0 aliphatic rings. The summed E-state index contributed by atoms with van der Waals surface area (Å²) in [7, 11) is 0. The van der Waals surface area contributed by atoms with E-state index in [1.165, 1.54) is 38.5 Å². The molecular weight excluding hydrogens is 210 g/mol. The Kier molecular flexibility index (Phi) is 13.8. The van der Waals surface area contributed by atoms with Crippen molar-refractivity contribution in [2.75, 3.05) is 19.6 Å². The average molecular weight is 243 g/mol. The molecule has 3 nitrogen and oxygen atoms in total. The smallest absolute Gasteiger partial charge is 0.00513 e. The third-order valence-corrected chi connectivity index (χ3v) is 3.18. The van der Waals surface area contributed by atoms with Crippen LogP contribution in [0.25, 0.3) is 0 Å². The first-order valence-electron chi connectivity index (χ1n) is 7.47. The normalized spacial score (nSPS) is 12.9. The van der Waals surface area contributed by atoms with E-state index in [1.54, 1.807) is 0 Å². The Morgan fingerprint density at radius 3 is 2.29 bits per heavy atom. The summed E-state index contributed by atoms with van der Waals surface area (Å²) in [6.45, 7) is 5.23. The van der Waals surface area contributed by atoms with Crippen LogP contribution in [0.3, 0.4) is 0 Å². The molecular formula is C14H33N3. The first-order valence-corrected chi connectivity index (χ1v) is 7.47. The molecule has 0 heterocycles. The Balaban J connectivity index is 3.02. The number of nitrogens with two attached hydrogens (primary N) is 2. The zero-order valence-electron chi connectivity index (χ0n) is 11.7. The van der Waals surface area contributed by atoms with E-state index in [1.807, 2.05) is 0 Å². The monoisotopic (exact) mass is 243 g/mol. The van der Waals surface area contributed by atoms with Gasteiger partial charge in [0, 0.05) is 6.04 Å². The van der Waals surface area contributed by atoms with Gasteiger partial charge < -0.3 is 16.8 Å². The van der Waals surface area contributed by atoms with E-state index in [9.17, 15) is 0 Å². The molecule has 104 valence electrons. The quantitative estimate of drug-likeness (QED) is 0.435. The second-order valence-electron chi connectivity index (χ2n) is 5.00. The van der Waals surface area contributed by atoms with Crippen LogP contribution >= 0.6 is 0 Å². The van der Waals surface area contributed by atoms with Crippen molar-refractivity contribution in [3.05, 3.63) is 0 Å². The van der Waals surface area contributed by atoms with Gasteiger partial charge in [-0.1, -0.05) is 39.0 Å². The largest absolute Gasteiger partial charge is 0.330 e. The van der Waals surface area contributed by atoms with Gasteiger partial charge >= 0.3 is 0 Å². The maximum absolute atomic E-state index is 5.96. The van der Waals surface area contributed by atoms with Crippen LogP contribution < -0.4 is 16.8 Å². The van der Waals surface area contributed by atoms with Gasteiger partial charge in [0.15, 0.2) is 0 Å². The van der Waals surface area contributed by atoms with Gasteiger partial charge in [-0.15, -0.1) is 0 Å². The van der Waals surface area contributed by atoms with Crippen LogP contribution in [0.2, 0.25) is 0 Å². The molecule has 0 fully saturated rings. The lowest BCUT2D eigenvalue weighted by molar-refractivity contribution is 0.508. The number of hydrogen-bond donors (Lipinski definition) is 3. The molecule has 0 aromatic rings. The minimum Gasteiger partial charge on any atom is -0.330 e. The van der Waals surface area contributed by atoms with Gasteiger partial charge in [0.05, 0.1) is 0 Å². The molecule has 0 saturated heterocycles. The lowest BCUT2D eigenvalue weighted by Gasteiger charge is -2.11. The van der Waals surface area contributed by atoms with Crippen molar-refractivity contribution >= 4 is 0 Å². The van der Waals surface area contributed by atoms with Gasteiger partial charge in [-0.05, 0) is 45.3 Å². The lowest BCUT2D eigenvalue weighted by Crippen LogP contribution is -2.27. The molecule has 0 aliphatic carbocycles. The third kappa shape index (κ3) is 13.8. The number of rotatable bonds is 13. The lowest BCUT2D eigenvalue weighted by atomic mass is 10.1. The molecule has 0 aromatic heterocycles. The minimum absolute atomic E-state index is 0.329. The molecule has 0 bridgehead atoms. The standard InChI is InChI=1S/C14H33N3/c1-2-3-4-5-6-7-12-17-13-10-14(16)9-8-11-15/h14,17H,2-13,15-16H2,1H3. The van der Waals surface area contributed by atoms with Gasteiger partial charge in [0.25, 0.3) is 0 Å². The topological polar surface area (TPSA) is 64.1 Å². The molecule has 1 unspecified atom stereocenters. The summed E-state index contributed by atoms with van der Waals surface area (Å²) in [5.74, 6) is 0. The van der Waals surface area contributed by atoms with Gasteiger partial charge in [0.2, 0.25) is 0 Å². The van der Waals surface area contributed by atoms with Crippen molar-refractivity contribution in [3.63, 3.8) is 0 Å². The van der Waals surface area contributed by atoms with Crippen molar-refractivity contribution in [1.29, 1.82) is 0 Å². The molecule has 0 rings (SSSR count). The van der Waals surface area contributed by atoms with Gasteiger partial charge in [-0.3, -0.25) is 0 Å². The van der Waals surface area contributed by atoms with Crippen LogP contribution in [-0.2, 0) is 0 Å². The molecule has 0 amide bonds. The van der Waals surface area contributed by atoms with E-state index in [0.29, 0.717) is 6.04 Å². The predicted octanol–water partition coefficient (Wildman–Crippen LogP) is 2.39. The molecule has 0 radical (unpaired) electrons. The van der Waals surface area contributed by atoms with Crippen molar-refractivity contribution in [1.82, 2.24) is 5.32 Å². The molecule has 0 spiro atoms. The summed E-state index contributed by atoms with van der Waals surface area (Å²) < 4.78 is 0. The minimum atomic E-state index is 0.329. The van der Waals surface area contributed by atoms with E-state index < -0.39 is 0 Å². The fraction of sp³-hybridized carbons (Fsp3) is 1.00. The summed E-state index contributed by atoms with van der Waals surface area (Å²) in [5.41, 5.74) is 11.4. The average Bonchev–Trinajstić information content (AvgIpc) is 2.34. The van der Waals surface area contributed by atoms with E-state index >= 15 is 0 Å². The molecule has 0 aromatic carbocycles. The van der Waals surface area contributed by atoms with E-state index in [-0.39, 0.29) is 0 Å². The first-order chi connectivity index (χ1) is 8.31. The van der Waals surface area contributed by atoms with Gasteiger partial charge in [-0.25, -0.2) is 0 Å². The van der Waals surface area contributed by atoms with Gasteiger partial charge in [0.1, 0.15) is 0 Å². The Morgan fingerprint density at radius 2 is 1.59 bits per heavy atom. The Bertz CT molecular complexity index is 139. The van der Waals surface area contributed by atoms with Crippen LogP contribution in [-0.4, -0.2) is 25.7 Å². The van der Waals surface area contributed by atoms with Crippen molar-refractivity contribution in [3.8, 4) is 0 Å². The fourth-order valence-corrected chi connectivity index (χ4v) is 1.97. The zero-order chi connectivity index (χ0) is 12.8. The van der Waals surface area contributed by atoms with E-state index in [0.717, 1.165) is 38.9 Å². The van der Waals surface area contributed by atoms with E-state index in [4.69, 9.17) is 11.5 Å². The summed E-state index contributed by atoms with van der Waals surface area (Å²) in [6.07, 6.45) is 11.4. The van der Waals surface area contributed by atoms with Crippen LogP contribution in [0.1, 0.15) is 64.7 Å². The highest BCUT2D eigenvalue weighted by Crippen LogP contribution is 2.04. The highest BCUT2D eigenvalue weighted by atomic mass is 14.8. The molecule has 3 heteroatoms. The number of hydrogen-bond acceptors (Lipinski definition) is 3. The summed E-state index contributed by atoms with van der Waals surface area (Å²) in [5, 5.41) is 3.47. The van der Waals surface area contributed by atoms with Crippen LogP contribution in [0.5, 0.6) is 0 Å². The highest BCUT2D eigenvalue weighted by Gasteiger charge is 2.00. The molecule has 0 aliphatic heterocycles.